The van der Waals surface area contributed by atoms with Crippen LogP contribution < -0.4 is 5.32 Å². The number of rotatable bonds is 8. The number of nitrogens with zero attached hydrogens (tertiary/aromatic N) is 2. The van der Waals surface area contributed by atoms with E-state index < -0.39 is 4.92 Å². The molecule has 1 aromatic rings. The SMILES string of the molecule is CCCCC(CC)CNc1ccc(C#N)c([N+](=O)[O-])c1. The second kappa shape index (κ2) is 8.16. The Bertz CT molecular complexity index is 494. The predicted octanol–water partition coefficient (Wildman–Crippen LogP) is 4.09. The van der Waals surface area contributed by atoms with Gasteiger partial charge in [-0.2, -0.15) is 5.26 Å². The first-order chi connectivity index (χ1) is 9.62. The zero-order valence-corrected chi connectivity index (χ0v) is 12.1. The molecule has 0 fully saturated rings. The topological polar surface area (TPSA) is 79.0 Å². The number of hydrogen-bond donors (Lipinski definition) is 1. The molecule has 0 saturated carbocycles. The second-order valence-electron chi connectivity index (χ2n) is 4.90. The number of nitriles is 1. The summed E-state index contributed by atoms with van der Waals surface area (Å²) in [6.07, 6.45) is 4.64. The van der Waals surface area contributed by atoms with E-state index in [1.54, 1.807) is 6.07 Å². The van der Waals surface area contributed by atoms with E-state index in [1.165, 1.54) is 31.4 Å². The van der Waals surface area contributed by atoms with Gasteiger partial charge in [-0.05, 0) is 24.5 Å². The summed E-state index contributed by atoms with van der Waals surface area (Å²) in [4.78, 5) is 10.4. The first kappa shape index (κ1) is 16.0. The number of anilines is 1. The van der Waals surface area contributed by atoms with Crippen LogP contribution >= 0.6 is 0 Å². The number of hydrogen-bond acceptors (Lipinski definition) is 4. The fraction of sp³-hybridized carbons (Fsp3) is 0.533. The third-order valence-corrected chi connectivity index (χ3v) is 3.45. The van der Waals surface area contributed by atoms with E-state index in [0.717, 1.165) is 13.0 Å². The first-order valence-corrected chi connectivity index (χ1v) is 7.04. The van der Waals surface area contributed by atoms with E-state index >= 15 is 0 Å². The highest BCUT2D eigenvalue weighted by Gasteiger charge is 2.14. The quantitative estimate of drug-likeness (QED) is 0.572. The highest BCUT2D eigenvalue weighted by Crippen LogP contribution is 2.23. The Morgan fingerprint density at radius 2 is 2.20 bits per heavy atom. The molecule has 5 nitrogen and oxygen atoms in total. The Hall–Kier alpha value is -2.09. The van der Waals surface area contributed by atoms with Gasteiger partial charge in [0.2, 0.25) is 0 Å². The highest BCUT2D eigenvalue weighted by molar-refractivity contribution is 5.59. The summed E-state index contributed by atoms with van der Waals surface area (Å²) >= 11 is 0. The van der Waals surface area contributed by atoms with Gasteiger partial charge in [0.05, 0.1) is 4.92 Å². The van der Waals surface area contributed by atoms with E-state index in [2.05, 4.69) is 19.2 Å². The lowest BCUT2D eigenvalue weighted by Gasteiger charge is -2.16. The van der Waals surface area contributed by atoms with Crippen molar-refractivity contribution in [2.45, 2.75) is 39.5 Å². The van der Waals surface area contributed by atoms with Gasteiger partial charge < -0.3 is 5.32 Å². The molecule has 0 bridgehead atoms. The van der Waals surface area contributed by atoms with E-state index in [1.807, 2.05) is 6.07 Å². The van der Waals surface area contributed by atoms with Crippen LogP contribution in [0.5, 0.6) is 0 Å². The number of nitro benzene ring substituents is 1. The summed E-state index contributed by atoms with van der Waals surface area (Å²) in [5.41, 5.74) is 0.656. The standard InChI is InChI=1S/C15H21N3O2/c1-3-5-6-12(4-2)11-17-14-8-7-13(10-16)15(9-14)18(19)20/h7-9,12,17H,3-6,11H2,1-2H3. The maximum Gasteiger partial charge on any atom is 0.289 e. The molecule has 0 spiro atoms. The minimum absolute atomic E-state index is 0.0959. The summed E-state index contributed by atoms with van der Waals surface area (Å²) in [6.45, 7) is 5.13. The maximum atomic E-state index is 10.9. The lowest BCUT2D eigenvalue weighted by Crippen LogP contribution is -2.13. The van der Waals surface area contributed by atoms with Crippen LogP contribution in [-0.4, -0.2) is 11.5 Å². The van der Waals surface area contributed by atoms with Gasteiger partial charge in [0.15, 0.2) is 0 Å². The van der Waals surface area contributed by atoms with Crippen molar-refractivity contribution in [3.05, 3.63) is 33.9 Å². The molecule has 0 saturated heterocycles. The summed E-state index contributed by atoms with van der Waals surface area (Å²) in [5, 5.41) is 23.0. The van der Waals surface area contributed by atoms with Crippen molar-refractivity contribution in [3.63, 3.8) is 0 Å². The minimum Gasteiger partial charge on any atom is -0.385 e. The third-order valence-electron chi connectivity index (χ3n) is 3.45. The molecule has 1 atom stereocenters. The lowest BCUT2D eigenvalue weighted by atomic mass is 9.99. The molecule has 20 heavy (non-hydrogen) atoms. The van der Waals surface area contributed by atoms with Gasteiger partial charge in [0.25, 0.3) is 5.69 Å². The zero-order chi connectivity index (χ0) is 15.0. The Labute approximate surface area is 119 Å². The summed E-state index contributed by atoms with van der Waals surface area (Å²) in [6, 6.07) is 6.49. The summed E-state index contributed by atoms with van der Waals surface area (Å²) in [5.74, 6) is 0.574. The number of benzene rings is 1. The van der Waals surface area contributed by atoms with E-state index in [4.69, 9.17) is 5.26 Å². The first-order valence-electron chi connectivity index (χ1n) is 7.04. The predicted molar refractivity (Wildman–Crippen MR) is 79.6 cm³/mol. The smallest absolute Gasteiger partial charge is 0.289 e. The van der Waals surface area contributed by atoms with Gasteiger partial charge in [0.1, 0.15) is 11.6 Å². The van der Waals surface area contributed by atoms with Crippen LogP contribution in [0.1, 0.15) is 45.1 Å². The van der Waals surface area contributed by atoms with E-state index in [0.29, 0.717) is 11.6 Å². The van der Waals surface area contributed by atoms with Crippen LogP contribution in [0.15, 0.2) is 18.2 Å². The lowest BCUT2D eigenvalue weighted by molar-refractivity contribution is -0.385. The van der Waals surface area contributed by atoms with Crippen LogP contribution in [0, 0.1) is 27.4 Å². The van der Waals surface area contributed by atoms with Crippen LogP contribution in [-0.2, 0) is 0 Å². The van der Waals surface area contributed by atoms with Crippen molar-refractivity contribution in [1.29, 1.82) is 5.26 Å². The van der Waals surface area contributed by atoms with Crippen molar-refractivity contribution in [3.8, 4) is 6.07 Å². The molecule has 1 aromatic carbocycles. The largest absolute Gasteiger partial charge is 0.385 e. The molecule has 0 radical (unpaired) electrons. The Kier molecular flexibility index (Phi) is 6.51. The molecule has 0 amide bonds. The van der Waals surface area contributed by atoms with Crippen LogP contribution in [0.25, 0.3) is 0 Å². The zero-order valence-electron chi connectivity index (χ0n) is 12.1. The fourth-order valence-electron chi connectivity index (χ4n) is 2.09. The summed E-state index contributed by atoms with van der Waals surface area (Å²) in [7, 11) is 0. The number of unbranched alkanes of at least 4 members (excludes halogenated alkanes) is 1. The van der Waals surface area contributed by atoms with Crippen LogP contribution in [0.3, 0.4) is 0 Å². The third kappa shape index (κ3) is 4.54. The molecule has 1 N–H and O–H groups in total. The molecule has 0 heterocycles. The molecular weight excluding hydrogens is 254 g/mol. The molecule has 0 aromatic heterocycles. The van der Waals surface area contributed by atoms with Crippen molar-refractivity contribution in [2.24, 2.45) is 5.92 Å². The van der Waals surface area contributed by atoms with Crippen molar-refractivity contribution >= 4 is 11.4 Å². The van der Waals surface area contributed by atoms with Gasteiger partial charge in [-0.15, -0.1) is 0 Å². The molecule has 1 rings (SSSR count). The minimum atomic E-state index is -0.516. The monoisotopic (exact) mass is 275 g/mol. The Balaban J connectivity index is 2.71. The van der Waals surface area contributed by atoms with Crippen molar-refractivity contribution in [1.82, 2.24) is 0 Å². The van der Waals surface area contributed by atoms with Crippen molar-refractivity contribution < 1.29 is 4.92 Å². The molecule has 1 unspecified atom stereocenters. The average molecular weight is 275 g/mol. The van der Waals surface area contributed by atoms with E-state index in [9.17, 15) is 10.1 Å². The number of nitro groups is 1. The average Bonchev–Trinajstić information content (AvgIpc) is 2.47. The molecule has 0 aliphatic carbocycles. The van der Waals surface area contributed by atoms with Gasteiger partial charge in [-0.3, -0.25) is 10.1 Å². The second-order valence-corrected chi connectivity index (χ2v) is 4.90. The van der Waals surface area contributed by atoms with Crippen LogP contribution in [0.4, 0.5) is 11.4 Å². The Morgan fingerprint density at radius 1 is 1.45 bits per heavy atom. The van der Waals surface area contributed by atoms with Gasteiger partial charge in [-0.1, -0.05) is 33.1 Å². The molecular formula is C15H21N3O2. The molecule has 0 aliphatic heterocycles. The number of nitrogens with one attached hydrogen (secondary N) is 1. The normalized spacial score (nSPS) is 11.7. The van der Waals surface area contributed by atoms with Crippen LogP contribution in [0.2, 0.25) is 0 Å². The van der Waals surface area contributed by atoms with Gasteiger partial charge in [0, 0.05) is 18.3 Å². The molecule has 5 heteroatoms. The highest BCUT2D eigenvalue weighted by atomic mass is 16.6. The Morgan fingerprint density at radius 3 is 2.75 bits per heavy atom. The molecule has 0 aliphatic rings. The van der Waals surface area contributed by atoms with Crippen molar-refractivity contribution in [2.75, 3.05) is 11.9 Å². The molecule has 108 valence electrons. The maximum absolute atomic E-state index is 10.9. The van der Waals surface area contributed by atoms with Gasteiger partial charge >= 0.3 is 0 Å². The summed E-state index contributed by atoms with van der Waals surface area (Å²) < 4.78 is 0. The fourth-order valence-corrected chi connectivity index (χ4v) is 2.09. The van der Waals surface area contributed by atoms with Gasteiger partial charge in [-0.25, -0.2) is 0 Å². The van der Waals surface area contributed by atoms with E-state index in [-0.39, 0.29) is 11.3 Å².